The third kappa shape index (κ3) is 6.79. The first-order valence-corrected chi connectivity index (χ1v) is 13.0. The summed E-state index contributed by atoms with van der Waals surface area (Å²) < 4.78 is 50.3. The zero-order valence-electron chi connectivity index (χ0n) is 21.8. The standard InChI is InChI=1S/C28H29F3N4O5/c1-38-21-4-5-22(27-33-15-19(16-34-27)28(29,30)31)24(13-21)40-35-10-7-20(8-11-35)39-25-12-18(6-9-32-25)23(14-26(36)37)17-2-3-17/h4-6,9,12-13,15-17,20,23H,2-3,7-8,10-11,14H2,1H3,(H,36,37). The average Bonchev–Trinajstić information content (AvgIpc) is 3.78. The van der Waals surface area contributed by atoms with Crippen LogP contribution in [0.5, 0.6) is 17.4 Å². The Morgan fingerprint density at radius 2 is 1.80 bits per heavy atom. The van der Waals surface area contributed by atoms with Crippen molar-refractivity contribution in [2.45, 2.75) is 50.3 Å². The van der Waals surface area contributed by atoms with Crippen LogP contribution in [0.4, 0.5) is 13.2 Å². The Labute approximate surface area is 228 Å². The summed E-state index contributed by atoms with van der Waals surface area (Å²) in [5.41, 5.74) is 0.437. The Morgan fingerprint density at radius 3 is 2.42 bits per heavy atom. The van der Waals surface area contributed by atoms with Gasteiger partial charge in [-0.15, -0.1) is 5.06 Å². The molecule has 2 aliphatic rings. The SMILES string of the molecule is COc1ccc(-c2ncc(C(F)(F)F)cn2)c(ON2CCC(Oc3cc(C(CC(=O)O)C4CC4)ccn3)CC2)c1. The molecule has 3 heterocycles. The summed E-state index contributed by atoms with van der Waals surface area (Å²) in [6.07, 6.45) is 1.97. The van der Waals surface area contributed by atoms with E-state index < -0.39 is 17.7 Å². The van der Waals surface area contributed by atoms with Gasteiger partial charge in [0.2, 0.25) is 5.88 Å². The number of ether oxygens (including phenoxy) is 2. The van der Waals surface area contributed by atoms with E-state index in [1.165, 1.54) is 7.11 Å². The Kier molecular flexibility index (Phi) is 8.06. The molecule has 9 nitrogen and oxygen atoms in total. The van der Waals surface area contributed by atoms with Crippen molar-refractivity contribution in [1.82, 2.24) is 20.0 Å². The molecule has 1 atom stereocenters. The fraction of sp³-hybridized carbons (Fsp3) is 0.429. The predicted octanol–water partition coefficient (Wildman–Crippen LogP) is 5.37. The highest BCUT2D eigenvalue weighted by atomic mass is 19.4. The molecule has 212 valence electrons. The number of hydroxylamine groups is 2. The molecular formula is C28H29F3N4O5. The van der Waals surface area contributed by atoms with Crippen molar-refractivity contribution in [1.29, 1.82) is 0 Å². The maximum atomic E-state index is 12.9. The molecule has 0 bridgehead atoms. The second-order valence-electron chi connectivity index (χ2n) is 9.96. The zero-order chi connectivity index (χ0) is 28.3. The van der Waals surface area contributed by atoms with E-state index in [0.717, 1.165) is 30.8 Å². The number of alkyl halides is 3. The van der Waals surface area contributed by atoms with E-state index in [9.17, 15) is 23.1 Å². The fourth-order valence-electron chi connectivity index (χ4n) is 4.82. The molecule has 3 aromatic rings. The lowest BCUT2D eigenvalue weighted by Gasteiger charge is -2.31. The van der Waals surface area contributed by atoms with Crippen LogP contribution in [0.3, 0.4) is 0 Å². The molecule has 1 saturated carbocycles. The van der Waals surface area contributed by atoms with Crippen molar-refractivity contribution in [2.24, 2.45) is 5.92 Å². The highest BCUT2D eigenvalue weighted by molar-refractivity contribution is 5.68. The first-order chi connectivity index (χ1) is 19.2. The number of carboxylic acids is 1. The van der Waals surface area contributed by atoms with Crippen molar-refractivity contribution in [3.8, 4) is 28.8 Å². The van der Waals surface area contributed by atoms with Gasteiger partial charge in [0.15, 0.2) is 11.6 Å². The minimum atomic E-state index is -4.53. The molecule has 5 rings (SSSR count). The van der Waals surface area contributed by atoms with Gasteiger partial charge in [0, 0.05) is 56.7 Å². The Hall–Kier alpha value is -3.93. The molecule has 2 fully saturated rings. The first kappa shape index (κ1) is 27.6. The summed E-state index contributed by atoms with van der Waals surface area (Å²) in [5, 5.41) is 11.1. The monoisotopic (exact) mass is 558 g/mol. The number of carboxylic acid groups (broad SMARTS) is 1. The van der Waals surface area contributed by atoms with Crippen LogP contribution >= 0.6 is 0 Å². The maximum absolute atomic E-state index is 12.9. The number of rotatable bonds is 10. The summed E-state index contributed by atoms with van der Waals surface area (Å²) in [6.45, 7) is 1.05. The zero-order valence-corrected chi connectivity index (χ0v) is 21.8. The van der Waals surface area contributed by atoms with Crippen LogP contribution in [0.2, 0.25) is 0 Å². The summed E-state index contributed by atoms with van der Waals surface area (Å²) in [5.74, 6) is 0.988. The van der Waals surface area contributed by atoms with Crippen LogP contribution < -0.4 is 14.3 Å². The lowest BCUT2D eigenvalue weighted by atomic mass is 9.92. The van der Waals surface area contributed by atoms with Crippen LogP contribution in [0, 0.1) is 5.92 Å². The molecule has 1 saturated heterocycles. The quantitative estimate of drug-likeness (QED) is 0.351. The summed E-state index contributed by atoms with van der Waals surface area (Å²) >= 11 is 0. The maximum Gasteiger partial charge on any atom is 0.419 e. The number of aromatic nitrogens is 3. The van der Waals surface area contributed by atoms with E-state index in [-0.39, 0.29) is 24.3 Å². The molecule has 0 amide bonds. The molecular weight excluding hydrogens is 529 g/mol. The minimum absolute atomic E-state index is 0.0381. The number of hydrogen-bond acceptors (Lipinski definition) is 8. The Bertz CT molecular complexity index is 1330. The van der Waals surface area contributed by atoms with Crippen LogP contribution in [-0.4, -0.2) is 57.4 Å². The number of benzene rings is 1. The second-order valence-corrected chi connectivity index (χ2v) is 9.96. The number of aliphatic carboxylic acids is 1. The van der Waals surface area contributed by atoms with Gasteiger partial charge in [-0.05, 0) is 48.4 Å². The molecule has 40 heavy (non-hydrogen) atoms. The summed E-state index contributed by atoms with van der Waals surface area (Å²) in [7, 11) is 1.51. The fourth-order valence-corrected chi connectivity index (χ4v) is 4.82. The first-order valence-electron chi connectivity index (χ1n) is 13.0. The van der Waals surface area contributed by atoms with E-state index in [4.69, 9.17) is 14.3 Å². The lowest BCUT2D eigenvalue weighted by Crippen LogP contribution is -2.40. The van der Waals surface area contributed by atoms with Crippen LogP contribution in [0.15, 0.2) is 48.9 Å². The molecule has 2 aromatic heterocycles. The number of hydrogen-bond donors (Lipinski definition) is 1. The van der Waals surface area contributed by atoms with Crippen molar-refractivity contribution in [2.75, 3.05) is 20.2 Å². The van der Waals surface area contributed by atoms with Gasteiger partial charge in [-0.1, -0.05) is 0 Å². The largest absolute Gasteiger partial charge is 0.497 e. The van der Waals surface area contributed by atoms with Crippen molar-refractivity contribution in [3.05, 3.63) is 60.0 Å². The Morgan fingerprint density at radius 1 is 1.07 bits per heavy atom. The smallest absolute Gasteiger partial charge is 0.419 e. The van der Waals surface area contributed by atoms with Gasteiger partial charge in [0.25, 0.3) is 0 Å². The van der Waals surface area contributed by atoms with Gasteiger partial charge < -0.3 is 19.4 Å². The predicted molar refractivity (Wildman–Crippen MR) is 137 cm³/mol. The lowest BCUT2D eigenvalue weighted by molar-refractivity contribution is -0.138. The number of piperidine rings is 1. The average molecular weight is 559 g/mol. The van der Waals surface area contributed by atoms with Gasteiger partial charge in [-0.2, -0.15) is 13.2 Å². The van der Waals surface area contributed by atoms with Gasteiger partial charge in [-0.25, -0.2) is 15.0 Å². The molecule has 0 radical (unpaired) electrons. The molecule has 1 aromatic carbocycles. The summed E-state index contributed by atoms with van der Waals surface area (Å²) in [6, 6.07) is 8.66. The van der Waals surface area contributed by atoms with Crippen molar-refractivity contribution >= 4 is 5.97 Å². The van der Waals surface area contributed by atoms with E-state index in [2.05, 4.69) is 15.0 Å². The topological polar surface area (TPSA) is 107 Å². The highest BCUT2D eigenvalue weighted by Crippen LogP contribution is 2.45. The molecule has 1 unspecified atom stereocenters. The van der Waals surface area contributed by atoms with E-state index in [1.54, 1.807) is 29.5 Å². The van der Waals surface area contributed by atoms with Gasteiger partial charge >= 0.3 is 12.1 Å². The number of carbonyl (C=O) groups is 1. The van der Waals surface area contributed by atoms with Crippen molar-refractivity contribution < 1.29 is 37.4 Å². The van der Waals surface area contributed by atoms with Crippen LogP contribution in [0.1, 0.15) is 49.1 Å². The third-order valence-electron chi connectivity index (χ3n) is 7.10. The minimum Gasteiger partial charge on any atom is -0.497 e. The highest BCUT2D eigenvalue weighted by Gasteiger charge is 2.34. The van der Waals surface area contributed by atoms with Gasteiger partial charge in [0.1, 0.15) is 11.9 Å². The molecule has 1 aliphatic heterocycles. The molecule has 12 heteroatoms. The number of methoxy groups -OCH3 is 1. The van der Waals surface area contributed by atoms with E-state index in [1.807, 2.05) is 12.1 Å². The molecule has 1 aliphatic carbocycles. The van der Waals surface area contributed by atoms with Gasteiger partial charge in [0.05, 0.1) is 24.7 Å². The van der Waals surface area contributed by atoms with E-state index >= 15 is 0 Å². The molecule has 0 spiro atoms. The normalized spacial score (nSPS) is 17.3. The van der Waals surface area contributed by atoms with Crippen LogP contribution in [0.25, 0.3) is 11.4 Å². The Balaban J connectivity index is 1.23. The second kappa shape index (κ2) is 11.7. The van der Waals surface area contributed by atoms with Crippen molar-refractivity contribution in [3.63, 3.8) is 0 Å². The summed E-state index contributed by atoms with van der Waals surface area (Å²) in [4.78, 5) is 29.6. The van der Waals surface area contributed by atoms with Gasteiger partial charge in [-0.3, -0.25) is 4.79 Å². The number of nitrogens with zero attached hydrogens (tertiary/aromatic N) is 4. The molecule has 1 N–H and O–H groups in total. The number of pyridine rings is 1. The van der Waals surface area contributed by atoms with Crippen LogP contribution in [-0.2, 0) is 11.0 Å². The van der Waals surface area contributed by atoms with E-state index in [0.29, 0.717) is 54.8 Å². The number of halogens is 3. The third-order valence-corrected chi connectivity index (χ3v) is 7.10.